The second kappa shape index (κ2) is 1.92. The summed E-state index contributed by atoms with van der Waals surface area (Å²) in [6.07, 6.45) is 1.83. The van der Waals surface area contributed by atoms with Crippen LogP contribution in [0, 0.1) is 0 Å². The molecule has 6 heavy (non-hydrogen) atoms. The molecule has 0 aromatic carbocycles. The van der Waals surface area contributed by atoms with E-state index in [0.717, 1.165) is 0 Å². The Labute approximate surface area is 50.3 Å². The topological polar surface area (TPSA) is 12.9 Å². The van der Waals surface area contributed by atoms with Gasteiger partial charge in [-0.3, -0.25) is 0 Å². The Morgan fingerprint density at radius 2 is 2.67 bits per heavy atom. The van der Waals surface area contributed by atoms with Crippen molar-refractivity contribution in [1.29, 1.82) is 0 Å². The zero-order valence-corrected chi connectivity index (χ0v) is 6.19. The Balaban J connectivity index is 3.05. The molecule has 1 heterocycles. The summed E-state index contributed by atoms with van der Waals surface area (Å²) in [5, 5.41) is 1.93. The van der Waals surface area contributed by atoms with Crippen molar-refractivity contribution in [2.24, 2.45) is 0 Å². The third kappa shape index (κ3) is 0.934. The van der Waals surface area contributed by atoms with Gasteiger partial charge in [0.15, 0.2) is 0 Å². The molecule has 0 radical (unpaired) electrons. The zero-order chi connectivity index (χ0) is 4.41. The number of aromatic nitrogens is 1. The van der Waals surface area contributed by atoms with Gasteiger partial charge in [-0.1, -0.05) is 0 Å². The molecule has 0 atom stereocenters. The summed E-state index contributed by atoms with van der Waals surface area (Å²) in [5.41, 5.74) is 0. The Morgan fingerprint density at radius 3 is 2.83 bits per heavy atom. The molecule has 0 aliphatic heterocycles. The normalized spacial score (nSPS) is 8.83. The molecule has 1 rings (SSSR count). The van der Waals surface area contributed by atoms with E-state index in [1.54, 1.807) is 0 Å². The second-order valence-electron chi connectivity index (χ2n) is 0.806. The number of nitrogens with zero attached hydrogens (tertiary/aromatic N) is 1. The molecule has 0 unspecified atom stereocenters. The van der Waals surface area contributed by atoms with Crippen LogP contribution in [0.5, 0.6) is 0 Å². The Kier molecular flexibility index (Phi) is 1.46. The molecule has 32 valence electrons. The van der Waals surface area contributed by atoms with E-state index >= 15 is 0 Å². The molecule has 0 fully saturated rings. The van der Waals surface area contributed by atoms with E-state index in [0.29, 0.717) is 14.5 Å². The fraction of sp³-hybridized carbons (Fsp3) is 0. The molecule has 0 saturated carbocycles. The number of halogens is 1. The Morgan fingerprint density at radius 1 is 1.83 bits per heavy atom. The van der Waals surface area contributed by atoms with Crippen molar-refractivity contribution in [3.05, 3.63) is 14.6 Å². The van der Waals surface area contributed by atoms with Gasteiger partial charge in [-0.2, -0.15) is 0 Å². The van der Waals surface area contributed by atoms with Crippen molar-refractivity contribution in [3.8, 4) is 0 Å². The minimum absolute atomic E-state index is 0.514. The molecule has 0 bridgehead atoms. The van der Waals surface area contributed by atoms with Gasteiger partial charge in [0.2, 0.25) is 0 Å². The van der Waals surface area contributed by atoms with Crippen LogP contribution in [0.4, 0.5) is 0 Å². The molecule has 1 aromatic rings. The Bertz CT molecular complexity index is 114. The standard InChI is InChI=1S/C3H2BrNSe/c4-3-1-5-2-6-3/h1-2H. The van der Waals surface area contributed by atoms with Gasteiger partial charge in [-0.05, 0) is 0 Å². The molecular formula is C3H2BrNSe. The van der Waals surface area contributed by atoms with E-state index in [1.165, 1.54) is 3.35 Å². The summed E-state index contributed by atoms with van der Waals surface area (Å²) in [6.45, 7) is 0. The van der Waals surface area contributed by atoms with E-state index in [-0.39, 0.29) is 0 Å². The number of hydrogen-bond acceptors (Lipinski definition) is 1. The molecule has 0 N–H and O–H groups in total. The van der Waals surface area contributed by atoms with Gasteiger partial charge < -0.3 is 0 Å². The molecule has 3 heteroatoms. The molecular weight excluding hydrogens is 209 g/mol. The quantitative estimate of drug-likeness (QED) is 0.581. The van der Waals surface area contributed by atoms with Gasteiger partial charge in [0.1, 0.15) is 0 Å². The maximum absolute atomic E-state index is 3.86. The van der Waals surface area contributed by atoms with Crippen molar-refractivity contribution in [2.45, 2.75) is 0 Å². The first kappa shape index (κ1) is 4.57. The van der Waals surface area contributed by atoms with E-state index in [1.807, 2.05) is 11.3 Å². The molecule has 1 aromatic heterocycles. The number of hydrogen-bond donors (Lipinski definition) is 0. The van der Waals surface area contributed by atoms with Crippen molar-refractivity contribution in [2.75, 3.05) is 0 Å². The monoisotopic (exact) mass is 211 g/mol. The van der Waals surface area contributed by atoms with E-state index in [2.05, 4.69) is 20.9 Å². The van der Waals surface area contributed by atoms with Gasteiger partial charge in [0.05, 0.1) is 0 Å². The van der Waals surface area contributed by atoms with Crippen LogP contribution in [0.3, 0.4) is 0 Å². The summed E-state index contributed by atoms with van der Waals surface area (Å²) >= 11 is 3.82. The van der Waals surface area contributed by atoms with Crippen LogP contribution in [-0.4, -0.2) is 19.5 Å². The molecule has 0 amide bonds. The molecule has 1 nitrogen and oxygen atoms in total. The third-order valence-electron chi connectivity index (χ3n) is 0.402. The summed E-state index contributed by atoms with van der Waals surface area (Å²) in [6, 6.07) is 0. The van der Waals surface area contributed by atoms with Crippen LogP contribution in [0.15, 0.2) is 14.6 Å². The fourth-order valence-electron chi connectivity index (χ4n) is 0.200. The summed E-state index contributed by atoms with van der Waals surface area (Å²) < 4.78 is 1.23. The first-order valence-electron chi connectivity index (χ1n) is 1.43. The summed E-state index contributed by atoms with van der Waals surface area (Å²) in [7, 11) is 0. The van der Waals surface area contributed by atoms with Crippen molar-refractivity contribution in [1.82, 2.24) is 4.98 Å². The average molecular weight is 211 g/mol. The minimum atomic E-state index is 0.514. The first-order chi connectivity index (χ1) is 2.89. The first-order valence-corrected chi connectivity index (χ1v) is 4.07. The SMILES string of the molecule is Brc1cnc[se]1. The summed E-state index contributed by atoms with van der Waals surface area (Å²) in [4.78, 5) is 3.86. The molecule has 0 spiro atoms. The van der Waals surface area contributed by atoms with Crippen LogP contribution in [0.1, 0.15) is 0 Å². The predicted octanol–water partition coefficient (Wildman–Crippen LogP) is 0.901. The Hall–Kier alpha value is 0.409. The van der Waals surface area contributed by atoms with Gasteiger partial charge in [0.25, 0.3) is 0 Å². The average Bonchev–Trinajstić information content (AvgIpc) is 1.86. The van der Waals surface area contributed by atoms with Crippen LogP contribution >= 0.6 is 15.9 Å². The molecule has 0 aliphatic rings. The molecule has 0 saturated heterocycles. The molecule has 0 aliphatic carbocycles. The fourth-order valence-corrected chi connectivity index (χ4v) is 1.47. The predicted molar refractivity (Wildman–Crippen MR) is 28.9 cm³/mol. The summed E-state index contributed by atoms with van der Waals surface area (Å²) in [5.74, 6) is 0. The van der Waals surface area contributed by atoms with Crippen LogP contribution in [0.2, 0.25) is 0 Å². The maximum atomic E-state index is 3.86. The van der Waals surface area contributed by atoms with Gasteiger partial charge in [0, 0.05) is 0 Å². The van der Waals surface area contributed by atoms with E-state index in [9.17, 15) is 0 Å². The number of rotatable bonds is 0. The van der Waals surface area contributed by atoms with Crippen molar-refractivity contribution < 1.29 is 0 Å². The van der Waals surface area contributed by atoms with Crippen molar-refractivity contribution in [3.63, 3.8) is 0 Å². The second-order valence-corrected chi connectivity index (χ2v) is 4.70. The van der Waals surface area contributed by atoms with Crippen molar-refractivity contribution >= 4 is 30.4 Å². The van der Waals surface area contributed by atoms with E-state index < -0.39 is 0 Å². The van der Waals surface area contributed by atoms with Crippen LogP contribution < -0.4 is 0 Å². The zero-order valence-electron chi connectivity index (χ0n) is 2.89. The van der Waals surface area contributed by atoms with Gasteiger partial charge in [-0.15, -0.1) is 0 Å². The van der Waals surface area contributed by atoms with Crippen LogP contribution in [-0.2, 0) is 0 Å². The van der Waals surface area contributed by atoms with Gasteiger partial charge >= 0.3 is 50.0 Å². The van der Waals surface area contributed by atoms with E-state index in [4.69, 9.17) is 0 Å². The third-order valence-corrected chi connectivity index (χ3v) is 2.75. The van der Waals surface area contributed by atoms with Gasteiger partial charge in [-0.25, -0.2) is 0 Å². The van der Waals surface area contributed by atoms with Crippen LogP contribution in [0.25, 0.3) is 0 Å².